The molecule has 0 aliphatic heterocycles. The maximum atomic E-state index is 12.5. The number of nitrogens with one attached hydrogen (secondary N) is 1. The molecular weight excluding hydrogens is 288 g/mol. The van der Waals surface area contributed by atoms with E-state index in [1.165, 1.54) is 0 Å². The van der Waals surface area contributed by atoms with Gasteiger partial charge >= 0.3 is 0 Å². The van der Waals surface area contributed by atoms with Gasteiger partial charge in [-0.25, -0.2) is 0 Å². The summed E-state index contributed by atoms with van der Waals surface area (Å²) in [7, 11) is 1.63. The van der Waals surface area contributed by atoms with Gasteiger partial charge in [-0.15, -0.1) is 0 Å². The molecule has 116 valence electrons. The molecule has 0 bridgehead atoms. The molecule has 0 aliphatic carbocycles. The van der Waals surface area contributed by atoms with Crippen molar-refractivity contribution in [1.82, 2.24) is 9.88 Å². The molecule has 23 heavy (non-hydrogen) atoms. The number of aromatic nitrogens is 1. The lowest BCUT2D eigenvalue weighted by Gasteiger charge is -2.11. The molecule has 4 nitrogen and oxygen atoms in total. The van der Waals surface area contributed by atoms with Gasteiger partial charge in [0, 0.05) is 18.9 Å². The Labute approximate surface area is 135 Å². The SMILES string of the molecule is COc1cccc(CNC(=O)c2ccccc2-n2cccc2)c1. The maximum absolute atomic E-state index is 12.5. The summed E-state index contributed by atoms with van der Waals surface area (Å²) >= 11 is 0. The van der Waals surface area contributed by atoms with Crippen LogP contribution in [0.15, 0.2) is 73.1 Å². The number of rotatable bonds is 5. The van der Waals surface area contributed by atoms with Crippen LogP contribution in [0.1, 0.15) is 15.9 Å². The molecule has 0 fully saturated rings. The van der Waals surface area contributed by atoms with Crippen LogP contribution in [0.25, 0.3) is 5.69 Å². The van der Waals surface area contributed by atoms with Crippen LogP contribution in [0.4, 0.5) is 0 Å². The largest absolute Gasteiger partial charge is 0.497 e. The highest BCUT2D eigenvalue weighted by Gasteiger charge is 2.11. The normalized spacial score (nSPS) is 10.3. The molecule has 3 aromatic rings. The first kappa shape index (κ1) is 14.9. The maximum Gasteiger partial charge on any atom is 0.253 e. The molecule has 0 spiro atoms. The van der Waals surface area contributed by atoms with E-state index in [0.29, 0.717) is 12.1 Å². The standard InChI is InChI=1S/C19H18N2O2/c1-23-16-8-6-7-15(13-16)14-20-19(22)17-9-2-3-10-18(17)21-11-4-5-12-21/h2-13H,14H2,1H3,(H,20,22). The van der Waals surface area contributed by atoms with E-state index in [1.807, 2.05) is 77.6 Å². The average Bonchev–Trinajstić information content (AvgIpc) is 3.14. The zero-order valence-electron chi connectivity index (χ0n) is 12.9. The van der Waals surface area contributed by atoms with Crippen LogP contribution in [-0.2, 0) is 6.54 Å². The third kappa shape index (κ3) is 3.43. The fourth-order valence-corrected chi connectivity index (χ4v) is 2.45. The molecule has 0 saturated heterocycles. The summed E-state index contributed by atoms with van der Waals surface area (Å²) in [5.74, 6) is 0.682. The van der Waals surface area contributed by atoms with Crippen LogP contribution < -0.4 is 10.1 Å². The number of carbonyl (C=O) groups is 1. The summed E-state index contributed by atoms with van der Waals surface area (Å²) in [6.07, 6.45) is 3.85. The van der Waals surface area contributed by atoms with Crippen molar-refractivity contribution in [2.75, 3.05) is 7.11 Å². The average molecular weight is 306 g/mol. The third-order valence-electron chi connectivity index (χ3n) is 3.62. The Balaban J connectivity index is 1.76. The Morgan fingerprint density at radius 3 is 2.61 bits per heavy atom. The number of benzene rings is 2. The second-order valence-electron chi connectivity index (χ2n) is 5.14. The van der Waals surface area contributed by atoms with E-state index in [-0.39, 0.29) is 5.91 Å². The Kier molecular flexibility index (Phi) is 4.43. The first-order valence-corrected chi connectivity index (χ1v) is 7.41. The fraction of sp³-hybridized carbons (Fsp3) is 0.105. The van der Waals surface area contributed by atoms with Crippen molar-refractivity contribution in [2.45, 2.75) is 6.54 Å². The molecule has 1 heterocycles. The van der Waals surface area contributed by atoms with E-state index in [2.05, 4.69) is 5.32 Å². The monoisotopic (exact) mass is 306 g/mol. The van der Waals surface area contributed by atoms with Gasteiger partial charge in [0.2, 0.25) is 0 Å². The third-order valence-corrected chi connectivity index (χ3v) is 3.62. The Morgan fingerprint density at radius 1 is 1.04 bits per heavy atom. The Hall–Kier alpha value is -3.01. The minimum Gasteiger partial charge on any atom is -0.497 e. The van der Waals surface area contributed by atoms with Crippen molar-refractivity contribution < 1.29 is 9.53 Å². The number of hydrogen-bond acceptors (Lipinski definition) is 2. The van der Waals surface area contributed by atoms with Crippen LogP contribution >= 0.6 is 0 Å². The van der Waals surface area contributed by atoms with Gasteiger partial charge in [0.15, 0.2) is 0 Å². The summed E-state index contributed by atoms with van der Waals surface area (Å²) in [5, 5.41) is 2.96. The predicted molar refractivity (Wildman–Crippen MR) is 89.9 cm³/mol. The number of ether oxygens (including phenoxy) is 1. The highest BCUT2D eigenvalue weighted by molar-refractivity contribution is 5.97. The molecule has 0 unspecified atom stereocenters. The van der Waals surface area contributed by atoms with E-state index in [1.54, 1.807) is 7.11 Å². The summed E-state index contributed by atoms with van der Waals surface area (Å²) in [6, 6.07) is 19.1. The smallest absolute Gasteiger partial charge is 0.253 e. The minimum atomic E-state index is -0.0999. The number of nitrogens with zero attached hydrogens (tertiary/aromatic N) is 1. The number of carbonyl (C=O) groups excluding carboxylic acids is 1. The first-order valence-electron chi connectivity index (χ1n) is 7.41. The van der Waals surface area contributed by atoms with Gasteiger partial charge in [-0.3, -0.25) is 4.79 Å². The lowest BCUT2D eigenvalue weighted by Crippen LogP contribution is -2.24. The Bertz CT molecular complexity index is 795. The van der Waals surface area contributed by atoms with Gasteiger partial charge in [0.25, 0.3) is 5.91 Å². The van der Waals surface area contributed by atoms with E-state index in [0.717, 1.165) is 17.0 Å². The molecule has 0 atom stereocenters. The minimum absolute atomic E-state index is 0.0999. The molecule has 0 saturated carbocycles. The van der Waals surface area contributed by atoms with E-state index >= 15 is 0 Å². The number of amides is 1. The van der Waals surface area contributed by atoms with E-state index in [9.17, 15) is 4.79 Å². The molecule has 2 aromatic carbocycles. The van der Waals surface area contributed by atoms with Crippen LogP contribution in [0.5, 0.6) is 5.75 Å². The molecule has 0 radical (unpaired) electrons. The lowest BCUT2D eigenvalue weighted by atomic mass is 10.1. The number of hydrogen-bond donors (Lipinski definition) is 1. The van der Waals surface area contributed by atoms with Crippen molar-refractivity contribution in [3.63, 3.8) is 0 Å². The molecule has 0 aliphatic rings. The quantitative estimate of drug-likeness (QED) is 0.785. The summed E-state index contributed by atoms with van der Waals surface area (Å²) in [5.41, 5.74) is 2.50. The highest BCUT2D eigenvalue weighted by Crippen LogP contribution is 2.16. The van der Waals surface area contributed by atoms with Crippen molar-refractivity contribution >= 4 is 5.91 Å². The van der Waals surface area contributed by atoms with E-state index < -0.39 is 0 Å². The molecule has 1 N–H and O–H groups in total. The topological polar surface area (TPSA) is 43.3 Å². The van der Waals surface area contributed by atoms with Crippen molar-refractivity contribution in [1.29, 1.82) is 0 Å². The van der Waals surface area contributed by atoms with Gasteiger partial charge in [-0.2, -0.15) is 0 Å². The zero-order chi connectivity index (χ0) is 16.1. The second kappa shape index (κ2) is 6.83. The highest BCUT2D eigenvalue weighted by atomic mass is 16.5. The molecule has 1 amide bonds. The lowest BCUT2D eigenvalue weighted by molar-refractivity contribution is 0.0951. The first-order chi connectivity index (χ1) is 11.3. The molecule has 3 rings (SSSR count). The molecule has 4 heteroatoms. The van der Waals surface area contributed by atoms with Crippen LogP contribution in [0, 0.1) is 0 Å². The van der Waals surface area contributed by atoms with Crippen molar-refractivity contribution in [3.8, 4) is 11.4 Å². The van der Waals surface area contributed by atoms with Gasteiger partial charge in [-0.1, -0.05) is 24.3 Å². The van der Waals surface area contributed by atoms with Crippen LogP contribution in [0.2, 0.25) is 0 Å². The van der Waals surface area contributed by atoms with Gasteiger partial charge in [0.05, 0.1) is 18.4 Å². The Morgan fingerprint density at radius 2 is 1.83 bits per heavy atom. The second-order valence-corrected chi connectivity index (χ2v) is 5.14. The number of para-hydroxylation sites is 1. The summed E-state index contributed by atoms with van der Waals surface area (Å²) in [6.45, 7) is 0.454. The van der Waals surface area contributed by atoms with Crippen LogP contribution in [0.3, 0.4) is 0 Å². The van der Waals surface area contributed by atoms with Crippen molar-refractivity contribution in [2.24, 2.45) is 0 Å². The van der Waals surface area contributed by atoms with E-state index in [4.69, 9.17) is 4.74 Å². The number of methoxy groups -OCH3 is 1. The summed E-state index contributed by atoms with van der Waals surface area (Å²) < 4.78 is 7.13. The van der Waals surface area contributed by atoms with Crippen molar-refractivity contribution in [3.05, 3.63) is 84.2 Å². The van der Waals surface area contributed by atoms with Gasteiger partial charge in [0.1, 0.15) is 5.75 Å². The summed E-state index contributed by atoms with van der Waals surface area (Å²) in [4.78, 5) is 12.5. The fourth-order valence-electron chi connectivity index (χ4n) is 2.45. The van der Waals surface area contributed by atoms with Gasteiger partial charge in [-0.05, 0) is 42.0 Å². The molecular formula is C19H18N2O2. The molecule has 1 aromatic heterocycles. The predicted octanol–water partition coefficient (Wildman–Crippen LogP) is 3.42. The van der Waals surface area contributed by atoms with Crippen LogP contribution in [-0.4, -0.2) is 17.6 Å². The van der Waals surface area contributed by atoms with Gasteiger partial charge < -0.3 is 14.6 Å². The zero-order valence-corrected chi connectivity index (χ0v) is 12.9.